The van der Waals surface area contributed by atoms with Gasteiger partial charge in [-0.1, -0.05) is 30.3 Å². The Morgan fingerprint density at radius 3 is 2.53 bits per heavy atom. The van der Waals surface area contributed by atoms with Crippen molar-refractivity contribution >= 4 is 12.1 Å². The van der Waals surface area contributed by atoms with Crippen LogP contribution in [-0.2, 0) is 20.9 Å². The van der Waals surface area contributed by atoms with E-state index in [0.29, 0.717) is 0 Å². The Morgan fingerprint density at radius 1 is 1.29 bits per heavy atom. The first kappa shape index (κ1) is 13.0. The van der Waals surface area contributed by atoms with E-state index in [-0.39, 0.29) is 6.61 Å². The molecule has 0 saturated heterocycles. The second-order valence-corrected chi connectivity index (χ2v) is 3.45. The summed E-state index contributed by atoms with van der Waals surface area (Å²) in [7, 11) is 1.23. The summed E-state index contributed by atoms with van der Waals surface area (Å²) in [5.41, 5.74) is 0.895. The number of ether oxygens (including phenoxy) is 2. The van der Waals surface area contributed by atoms with E-state index in [0.717, 1.165) is 5.56 Å². The molecule has 1 atom stereocenters. The van der Waals surface area contributed by atoms with E-state index in [1.165, 1.54) is 14.0 Å². The molecule has 0 heterocycles. The van der Waals surface area contributed by atoms with Gasteiger partial charge >= 0.3 is 12.1 Å². The van der Waals surface area contributed by atoms with Crippen molar-refractivity contribution in [2.45, 2.75) is 19.6 Å². The molecule has 0 aliphatic heterocycles. The Labute approximate surface area is 99.7 Å². The molecule has 0 aliphatic rings. The number of hydrogen-bond donors (Lipinski definition) is 1. The van der Waals surface area contributed by atoms with Gasteiger partial charge in [-0.25, -0.2) is 9.59 Å². The highest BCUT2D eigenvalue weighted by Crippen LogP contribution is 2.01. The van der Waals surface area contributed by atoms with Crippen LogP contribution >= 0.6 is 0 Å². The first-order valence-electron chi connectivity index (χ1n) is 5.18. The smallest absolute Gasteiger partial charge is 0.407 e. The average Bonchev–Trinajstić information content (AvgIpc) is 2.36. The van der Waals surface area contributed by atoms with Crippen LogP contribution in [-0.4, -0.2) is 25.2 Å². The number of methoxy groups -OCH3 is 1. The fourth-order valence-electron chi connectivity index (χ4n) is 1.15. The van der Waals surface area contributed by atoms with Gasteiger partial charge in [-0.3, -0.25) is 0 Å². The fraction of sp³-hybridized carbons (Fsp3) is 0.333. The topological polar surface area (TPSA) is 64.6 Å². The minimum atomic E-state index is -0.730. The molecular formula is C12H15NO4. The lowest BCUT2D eigenvalue weighted by atomic mass is 10.2. The molecule has 0 saturated carbocycles. The van der Waals surface area contributed by atoms with Crippen LogP contribution < -0.4 is 5.32 Å². The van der Waals surface area contributed by atoms with Gasteiger partial charge in [0.2, 0.25) is 0 Å². The molecular weight excluding hydrogens is 222 g/mol. The Kier molecular flexibility index (Phi) is 5.00. The molecule has 1 aromatic rings. The Hall–Kier alpha value is -2.04. The highest BCUT2D eigenvalue weighted by Gasteiger charge is 2.16. The second kappa shape index (κ2) is 6.52. The summed E-state index contributed by atoms with van der Waals surface area (Å²) >= 11 is 0. The molecule has 0 aromatic heterocycles. The van der Waals surface area contributed by atoms with Crippen LogP contribution in [0.4, 0.5) is 4.79 Å². The summed E-state index contributed by atoms with van der Waals surface area (Å²) in [5, 5.41) is 2.33. The van der Waals surface area contributed by atoms with Gasteiger partial charge in [0, 0.05) is 0 Å². The molecule has 0 spiro atoms. The van der Waals surface area contributed by atoms with E-state index < -0.39 is 18.1 Å². The number of alkyl carbamates (subject to hydrolysis) is 1. The lowest BCUT2D eigenvalue weighted by Gasteiger charge is -2.12. The van der Waals surface area contributed by atoms with Crippen LogP contribution in [0.5, 0.6) is 0 Å². The predicted molar refractivity (Wildman–Crippen MR) is 61.2 cm³/mol. The van der Waals surface area contributed by atoms with Crippen molar-refractivity contribution in [3.05, 3.63) is 35.9 Å². The zero-order valence-electron chi connectivity index (χ0n) is 9.80. The number of carbonyl (C=O) groups is 2. The molecule has 1 amide bonds. The summed E-state index contributed by atoms with van der Waals surface area (Å²) in [6, 6.07) is 8.58. The van der Waals surface area contributed by atoms with Gasteiger partial charge in [0.05, 0.1) is 7.11 Å². The van der Waals surface area contributed by atoms with Gasteiger partial charge in [-0.15, -0.1) is 0 Å². The standard InChI is InChI=1S/C12H15NO4/c1-9(13-12(15)16-2)11(14)17-8-10-6-4-3-5-7-10/h3-7,9H,8H2,1-2H3,(H,13,15)/t9-/m0/s1. The molecule has 1 rings (SSSR count). The molecule has 5 heteroatoms. The molecule has 1 N–H and O–H groups in total. The minimum absolute atomic E-state index is 0.187. The molecule has 92 valence electrons. The molecule has 0 bridgehead atoms. The predicted octanol–water partition coefficient (Wildman–Crippen LogP) is 1.47. The number of hydrogen-bond acceptors (Lipinski definition) is 4. The van der Waals surface area contributed by atoms with Crippen molar-refractivity contribution in [1.82, 2.24) is 5.32 Å². The van der Waals surface area contributed by atoms with Crippen molar-refractivity contribution in [2.24, 2.45) is 0 Å². The molecule has 0 unspecified atom stereocenters. The van der Waals surface area contributed by atoms with Crippen molar-refractivity contribution in [3.63, 3.8) is 0 Å². The van der Waals surface area contributed by atoms with E-state index in [2.05, 4.69) is 10.1 Å². The number of rotatable bonds is 4. The van der Waals surface area contributed by atoms with Crippen LogP contribution in [0.3, 0.4) is 0 Å². The maximum atomic E-state index is 11.5. The Bertz CT molecular complexity index is 377. The quantitative estimate of drug-likeness (QED) is 0.805. The lowest BCUT2D eigenvalue weighted by Crippen LogP contribution is -2.39. The van der Waals surface area contributed by atoms with E-state index in [4.69, 9.17) is 4.74 Å². The number of benzene rings is 1. The first-order valence-corrected chi connectivity index (χ1v) is 5.18. The van der Waals surface area contributed by atoms with Gasteiger partial charge < -0.3 is 14.8 Å². The Balaban J connectivity index is 2.37. The van der Waals surface area contributed by atoms with Crippen LogP contribution in [0, 0.1) is 0 Å². The number of carbonyl (C=O) groups excluding carboxylic acids is 2. The summed E-state index contributed by atoms with van der Waals surface area (Å²) in [6.07, 6.45) is -0.658. The highest BCUT2D eigenvalue weighted by molar-refractivity contribution is 5.80. The fourth-order valence-corrected chi connectivity index (χ4v) is 1.15. The number of nitrogens with one attached hydrogen (secondary N) is 1. The monoisotopic (exact) mass is 237 g/mol. The number of amides is 1. The summed E-state index contributed by atoms with van der Waals surface area (Å²) in [6.45, 7) is 1.72. The van der Waals surface area contributed by atoms with Crippen LogP contribution in [0.2, 0.25) is 0 Å². The van der Waals surface area contributed by atoms with Crippen LogP contribution in [0.1, 0.15) is 12.5 Å². The maximum Gasteiger partial charge on any atom is 0.407 e. The van der Waals surface area contributed by atoms with Crippen molar-refractivity contribution in [1.29, 1.82) is 0 Å². The van der Waals surface area contributed by atoms with E-state index in [1.54, 1.807) is 0 Å². The summed E-state index contributed by atoms with van der Waals surface area (Å²) < 4.78 is 9.40. The SMILES string of the molecule is COC(=O)N[C@@H](C)C(=O)OCc1ccccc1. The zero-order chi connectivity index (χ0) is 12.7. The molecule has 5 nitrogen and oxygen atoms in total. The van der Waals surface area contributed by atoms with E-state index >= 15 is 0 Å². The minimum Gasteiger partial charge on any atom is -0.459 e. The largest absolute Gasteiger partial charge is 0.459 e. The zero-order valence-corrected chi connectivity index (χ0v) is 9.80. The molecule has 17 heavy (non-hydrogen) atoms. The average molecular weight is 237 g/mol. The second-order valence-electron chi connectivity index (χ2n) is 3.45. The third kappa shape index (κ3) is 4.55. The first-order chi connectivity index (χ1) is 8.13. The van der Waals surface area contributed by atoms with Gasteiger partial charge in [-0.05, 0) is 12.5 Å². The van der Waals surface area contributed by atoms with E-state index in [9.17, 15) is 9.59 Å². The lowest BCUT2D eigenvalue weighted by molar-refractivity contribution is -0.146. The molecule has 1 aromatic carbocycles. The van der Waals surface area contributed by atoms with E-state index in [1.807, 2.05) is 30.3 Å². The normalized spacial score (nSPS) is 11.4. The summed E-state index contributed by atoms with van der Waals surface area (Å²) in [5.74, 6) is -0.501. The van der Waals surface area contributed by atoms with Gasteiger partial charge in [0.25, 0.3) is 0 Å². The van der Waals surface area contributed by atoms with Gasteiger partial charge in [0.15, 0.2) is 0 Å². The third-order valence-corrected chi connectivity index (χ3v) is 2.10. The number of esters is 1. The van der Waals surface area contributed by atoms with Crippen molar-refractivity contribution < 1.29 is 19.1 Å². The highest BCUT2D eigenvalue weighted by atomic mass is 16.5. The maximum absolute atomic E-state index is 11.5. The van der Waals surface area contributed by atoms with Gasteiger partial charge in [-0.2, -0.15) is 0 Å². The molecule has 0 radical (unpaired) electrons. The van der Waals surface area contributed by atoms with Crippen molar-refractivity contribution in [2.75, 3.05) is 7.11 Å². The third-order valence-electron chi connectivity index (χ3n) is 2.10. The van der Waals surface area contributed by atoms with Crippen molar-refractivity contribution in [3.8, 4) is 0 Å². The van der Waals surface area contributed by atoms with Crippen LogP contribution in [0.25, 0.3) is 0 Å². The summed E-state index contributed by atoms with van der Waals surface area (Å²) in [4.78, 5) is 22.3. The Morgan fingerprint density at radius 2 is 1.94 bits per heavy atom. The van der Waals surface area contributed by atoms with Gasteiger partial charge in [0.1, 0.15) is 12.6 Å². The van der Waals surface area contributed by atoms with Crippen LogP contribution in [0.15, 0.2) is 30.3 Å². The molecule has 0 aliphatic carbocycles. The molecule has 0 fully saturated rings.